The molecule has 10 nitrogen and oxygen atoms in total. The molecule has 0 radical (unpaired) electrons. The molecule has 2 aromatic carbocycles. The van der Waals surface area contributed by atoms with Gasteiger partial charge in [0.2, 0.25) is 17.7 Å². The van der Waals surface area contributed by atoms with Crippen LogP contribution in [0.2, 0.25) is 0 Å². The van der Waals surface area contributed by atoms with Gasteiger partial charge in [-0.05, 0) is 37.9 Å². The van der Waals surface area contributed by atoms with E-state index in [0.717, 1.165) is 46.3 Å². The van der Waals surface area contributed by atoms with Crippen molar-refractivity contribution in [1.82, 2.24) is 35.6 Å². The van der Waals surface area contributed by atoms with Crippen LogP contribution in [0.5, 0.6) is 0 Å². The molecule has 0 saturated carbocycles. The Hall–Kier alpha value is -4.44. The minimum atomic E-state index is -0.777. The molecule has 3 heterocycles. The van der Waals surface area contributed by atoms with E-state index in [2.05, 4.69) is 38.0 Å². The first-order valence-electron chi connectivity index (χ1n) is 14.6. The zero-order valence-corrected chi connectivity index (χ0v) is 24.2. The van der Waals surface area contributed by atoms with Crippen LogP contribution >= 0.6 is 0 Å². The van der Waals surface area contributed by atoms with Gasteiger partial charge < -0.3 is 20.9 Å². The number of H-pyrrole nitrogens is 1. The third kappa shape index (κ3) is 7.25. The number of hydrogen-bond acceptors (Lipinski definition) is 5. The Bertz CT molecular complexity index is 1530. The van der Waals surface area contributed by atoms with Gasteiger partial charge in [-0.2, -0.15) is 5.10 Å². The summed E-state index contributed by atoms with van der Waals surface area (Å²) < 4.78 is 1.83. The number of amides is 3. The first-order chi connectivity index (χ1) is 20.4. The van der Waals surface area contributed by atoms with Crippen LogP contribution in [-0.2, 0) is 34.4 Å². The van der Waals surface area contributed by atoms with Crippen LogP contribution in [-0.4, -0.2) is 69.1 Å². The van der Waals surface area contributed by atoms with Crippen LogP contribution < -0.4 is 16.0 Å². The van der Waals surface area contributed by atoms with Crippen molar-refractivity contribution in [1.29, 1.82) is 0 Å². The summed E-state index contributed by atoms with van der Waals surface area (Å²) in [5.41, 5.74) is 5.03. The van der Waals surface area contributed by atoms with E-state index in [1.54, 1.807) is 6.92 Å². The monoisotopic (exact) mass is 569 g/mol. The Morgan fingerprint density at radius 1 is 0.905 bits per heavy atom. The standard InChI is InChI=1S/C32H39N7O3/c1-22-31(41)36-28(18-24-19-34-27-13-7-6-12-26(24)27)32(42)33-15-9-17-39(16-8-14-29(40)35-22)21-25-20-38(2)37-30(25)23-10-4-3-5-11-23/h3-7,10-13,19-20,22,28,34H,8-9,14-18,21H2,1-2H3,(H,33,42)(H,35,40)(H,36,41)/t22-,28+/m0/s1. The van der Waals surface area contributed by atoms with E-state index in [1.165, 1.54) is 0 Å². The van der Waals surface area contributed by atoms with Gasteiger partial charge in [0, 0.05) is 73.9 Å². The number of aromatic nitrogens is 3. The van der Waals surface area contributed by atoms with E-state index < -0.39 is 12.1 Å². The number of nitrogens with one attached hydrogen (secondary N) is 4. The average Bonchev–Trinajstić information content (AvgIpc) is 3.57. The van der Waals surface area contributed by atoms with Crippen LogP contribution in [0.1, 0.15) is 37.3 Å². The number of aromatic amines is 1. The normalized spacial score (nSPS) is 19.9. The fourth-order valence-corrected chi connectivity index (χ4v) is 5.51. The molecule has 2 atom stereocenters. The minimum Gasteiger partial charge on any atom is -0.361 e. The van der Waals surface area contributed by atoms with Crippen LogP contribution in [0.25, 0.3) is 22.2 Å². The molecule has 42 heavy (non-hydrogen) atoms. The Balaban J connectivity index is 1.31. The molecule has 4 aromatic rings. The van der Waals surface area contributed by atoms with Crippen molar-refractivity contribution in [3.05, 3.63) is 78.1 Å². The fraction of sp³-hybridized carbons (Fsp3) is 0.375. The van der Waals surface area contributed by atoms with Crippen molar-refractivity contribution in [3.8, 4) is 11.3 Å². The molecule has 1 aliphatic rings. The SMILES string of the molecule is C[C@@H]1NC(=O)CCCN(Cc2cn(C)nc2-c2ccccc2)CCCNC(=O)[C@@H](Cc2c[nH]c3ccccc23)NC1=O. The average molecular weight is 570 g/mol. The van der Waals surface area contributed by atoms with Gasteiger partial charge in [0.1, 0.15) is 12.1 Å². The summed E-state index contributed by atoms with van der Waals surface area (Å²) in [6.07, 6.45) is 5.94. The van der Waals surface area contributed by atoms with Gasteiger partial charge in [-0.15, -0.1) is 0 Å². The molecule has 2 aromatic heterocycles. The van der Waals surface area contributed by atoms with Gasteiger partial charge in [-0.1, -0.05) is 48.5 Å². The zero-order valence-electron chi connectivity index (χ0n) is 24.2. The van der Waals surface area contributed by atoms with E-state index in [4.69, 9.17) is 5.10 Å². The predicted octanol–water partition coefficient (Wildman–Crippen LogP) is 2.90. The maximum atomic E-state index is 13.4. The van der Waals surface area contributed by atoms with E-state index in [1.807, 2.05) is 66.6 Å². The van der Waals surface area contributed by atoms with Gasteiger partial charge in [0.15, 0.2) is 0 Å². The maximum Gasteiger partial charge on any atom is 0.242 e. The second-order valence-corrected chi connectivity index (χ2v) is 11.0. The summed E-state index contributed by atoms with van der Waals surface area (Å²) in [5, 5.41) is 14.4. The first-order valence-corrected chi connectivity index (χ1v) is 14.6. The number of carbonyl (C=O) groups excluding carboxylic acids is 3. The summed E-state index contributed by atoms with van der Waals surface area (Å²) in [5.74, 6) is -0.812. The topological polar surface area (TPSA) is 124 Å². The lowest BCUT2D eigenvalue weighted by Gasteiger charge is -2.23. The number of rotatable bonds is 5. The van der Waals surface area contributed by atoms with E-state index in [9.17, 15) is 14.4 Å². The molecule has 0 aliphatic carbocycles. The number of benzene rings is 2. The van der Waals surface area contributed by atoms with Crippen molar-refractivity contribution in [2.75, 3.05) is 19.6 Å². The maximum absolute atomic E-state index is 13.4. The highest BCUT2D eigenvalue weighted by molar-refractivity contribution is 5.92. The van der Waals surface area contributed by atoms with Gasteiger partial charge >= 0.3 is 0 Å². The zero-order chi connectivity index (χ0) is 29.5. The van der Waals surface area contributed by atoms with Crippen molar-refractivity contribution < 1.29 is 14.4 Å². The van der Waals surface area contributed by atoms with Gasteiger partial charge in [0.05, 0.1) is 5.69 Å². The molecule has 1 fully saturated rings. The molecule has 1 saturated heterocycles. The fourth-order valence-electron chi connectivity index (χ4n) is 5.51. The molecular weight excluding hydrogens is 530 g/mol. The van der Waals surface area contributed by atoms with Crippen molar-refractivity contribution in [2.45, 2.75) is 51.2 Å². The Kier molecular flexibility index (Phi) is 9.33. The van der Waals surface area contributed by atoms with E-state index in [-0.39, 0.29) is 17.7 Å². The first kappa shape index (κ1) is 29.1. The lowest BCUT2D eigenvalue weighted by atomic mass is 10.0. The second kappa shape index (κ2) is 13.5. The van der Waals surface area contributed by atoms with E-state index >= 15 is 0 Å². The number of carbonyl (C=O) groups is 3. The van der Waals surface area contributed by atoms with Crippen LogP contribution in [0.3, 0.4) is 0 Å². The van der Waals surface area contributed by atoms with Gasteiger partial charge in [-0.25, -0.2) is 0 Å². The molecule has 4 N–H and O–H groups in total. The Labute approximate surface area is 245 Å². The number of aryl methyl sites for hydroxylation is 1. The third-order valence-electron chi connectivity index (χ3n) is 7.68. The highest BCUT2D eigenvalue weighted by Crippen LogP contribution is 2.23. The summed E-state index contributed by atoms with van der Waals surface area (Å²) in [7, 11) is 1.92. The van der Waals surface area contributed by atoms with Crippen molar-refractivity contribution in [2.24, 2.45) is 7.05 Å². The highest BCUT2D eigenvalue weighted by atomic mass is 16.2. The molecule has 1 aliphatic heterocycles. The Morgan fingerprint density at radius 2 is 1.67 bits per heavy atom. The van der Waals surface area contributed by atoms with Crippen LogP contribution in [0.15, 0.2) is 67.0 Å². The number of nitrogens with zero attached hydrogens (tertiary/aromatic N) is 3. The number of fused-ring (bicyclic) bond motifs is 1. The molecule has 3 amide bonds. The smallest absolute Gasteiger partial charge is 0.242 e. The van der Waals surface area contributed by atoms with Crippen LogP contribution in [0.4, 0.5) is 0 Å². The predicted molar refractivity (Wildman–Crippen MR) is 162 cm³/mol. The quantitative estimate of drug-likeness (QED) is 0.294. The summed E-state index contributed by atoms with van der Waals surface area (Å²) in [6, 6.07) is 16.4. The molecule has 0 unspecified atom stereocenters. The molecule has 0 spiro atoms. The van der Waals surface area contributed by atoms with Crippen molar-refractivity contribution in [3.63, 3.8) is 0 Å². The molecule has 5 rings (SSSR count). The molecule has 220 valence electrons. The van der Waals surface area contributed by atoms with Gasteiger partial charge in [0.25, 0.3) is 0 Å². The molecule has 0 bridgehead atoms. The van der Waals surface area contributed by atoms with E-state index in [0.29, 0.717) is 38.9 Å². The number of para-hydroxylation sites is 1. The minimum absolute atomic E-state index is 0.184. The summed E-state index contributed by atoms with van der Waals surface area (Å²) in [6.45, 7) is 4.23. The molecule has 10 heteroatoms. The Morgan fingerprint density at radius 3 is 2.50 bits per heavy atom. The van der Waals surface area contributed by atoms with Gasteiger partial charge in [-0.3, -0.25) is 24.0 Å². The lowest BCUT2D eigenvalue weighted by molar-refractivity contribution is -0.131. The van der Waals surface area contributed by atoms with Crippen molar-refractivity contribution >= 4 is 28.6 Å². The summed E-state index contributed by atoms with van der Waals surface area (Å²) in [4.78, 5) is 44.6. The third-order valence-corrected chi connectivity index (χ3v) is 7.68. The van der Waals surface area contributed by atoms with Crippen LogP contribution in [0, 0.1) is 0 Å². The number of hydrogen-bond donors (Lipinski definition) is 4. The highest BCUT2D eigenvalue weighted by Gasteiger charge is 2.26. The second-order valence-electron chi connectivity index (χ2n) is 11.0. The lowest BCUT2D eigenvalue weighted by Crippen LogP contribution is -2.53. The summed E-state index contributed by atoms with van der Waals surface area (Å²) >= 11 is 0. The largest absolute Gasteiger partial charge is 0.361 e. The molecular formula is C32H39N7O3.